The second-order valence-electron chi connectivity index (χ2n) is 12.2. The van der Waals surface area contributed by atoms with Gasteiger partial charge in [-0.1, -0.05) is 192 Å². The molecular weight excluding hydrogens is 547 g/mol. The van der Waals surface area contributed by atoms with Gasteiger partial charge in [0.1, 0.15) is 0 Å². The van der Waals surface area contributed by atoms with Gasteiger partial charge in [-0.05, 0) is 35.5 Å². The third-order valence-corrected chi connectivity index (χ3v) is 8.21. The first-order valence-corrected chi connectivity index (χ1v) is 16.8. The number of rotatable bonds is 11. The molecule has 2 saturated carbocycles. The van der Waals surface area contributed by atoms with Crippen molar-refractivity contribution in [3.8, 4) is 0 Å². The van der Waals surface area contributed by atoms with E-state index in [-0.39, 0.29) is 24.0 Å². The summed E-state index contributed by atoms with van der Waals surface area (Å²) in [6.07, 6.45) is 25.0. The van der Waals surface area contributed by atoms with Crippen molar-refractivity contribution in [1.29, 1.82) is 0 Å². The fraction of sp³-hybridized carbons (Fsp3) is 1.00. The maximum Gasteiger partial charge on any atom is -0.0388 e. The first-order chi connectivity index (χ1) is 16.8. The number of hydrogen-bond donors (Lipinski definition) is 0. The van der Waals surface area contributed by atoms with E-state index >= 15 is 0 Å². The van der Waals surface area contributed by atoms with Gasteiger partial charge in [0, 0.05) is 0 Å². The van der Waals surface area contributed by atoms with Crippen molar-refractivity contribution in [2.24, 2.45) is 35.5 Å². The molecule has 3 atom stereocenters. The van der Waals surface area contributed by atoms with E-state index in [0.29, 0.717) is 0 Å². The van der Waals surface area contributed by atoms with Crippen molar-refractivity contribution in [2.45, 2.75) is 192 Å². The average Bonchev–Trinajstić information content (AvgIpc) is 3.44. The van der Waals surface area contributed by atoms with E-state index in [1.54, 1.807) is 0 Å². The Hall–Kier alpha value is 0.730. The van der Waals surface area contributed by atoms with Crippen molar-refractivity contribution in [3.63, 3.8) is 0 Å². The van der Waals surface area contributed by atoms with E-state index in [1.165, 1.54) is 109 Å². The van der Waals surface area contributed by atoms with Crippen LogP contribution in [0.3, 0.4) is 0 Å². The second-order valence-corrected chi connectivity index (χ2v) is 12.2. The summed E-state index contributed by atoms with van der Waals surface area (Å²) in [6.45, 7) is 26.8. The standard InChI is InChI=1S/C14H28.C11H24.C6H12.2C2H6.HI/c1-12(2)8-4-5-9-13(3)14-10-6-7-11-14;1-6-10(4)11(5)8-7-9(2)3;1-2-4-6-5-3-1;2*1-2;/h12-14H,4-11H2,1-3H3;9-11H,6-8H2,1-5H3;1-6H2;2*1-2H3;1H. The van der Waals surface area contributed by atoms with Gasteiger partial charge in [0.25, 0.3) is 0 Å². The van der Waals surface area contributed by atoms with E-state index < -0.39 is 0 Å². The molecule has 0 heterocycles. The van der Waals surface area contributed by atoms with Crippen LogP contribution in [0.5, 0.6) is 0 Å². The topological polar surface area (TPSA) is 0 Å². The molecule has 0 nitrogen and oxygen atoms in total. The van der Waals surface area contributed by atoms with Gasteiger partial charge >= 0.3 is 0 Å². The molecule has 1 heteroatoms. The molecule has 0 aromatic carbocycles. The highest BCUT2D eigenvalue weighted by molar-refractivity contribution is 14.0. The normalized spacial score (nSPS) is 17.5. The molecule has 2 rings (SSSR count). The molecule has 3 unspecified atom stereocenters. The number of hydrogen-bond acceptors (Lipinski definition) is 0. The fourth-order valence-corrected chi connectivity index (χ4v) is 5.12. The van der Waals surface area contributed by atoms with Crippen LogP contribution in [0.4, 0.5) is 0 Å². The lowest BCUT2D eigenvalue weighted by atomic mass is 9.88. The van der Waals surface area contributed by atoms with Crippen molar-refractivity contribution in [1.82, 2.24) is 0 Å². The minimum Gasteiger partial charge on any atom is -0.107 e. The van der Waals surface area contributed by atoms with E-state index in [4.69, 9.17) is 0 Å². The lowest BCUT2D eigenvalue weighted by Gasteiger charge is -2.18. The molecule has 36 heavy (non-hydrogen) atoms. The molecule has 2 fully saturated rings. The zero-order valence-electron chi connectivity index (χ0n) is 27.9. The Bertz CT molecular complexity index is 340. The summed E-state index contributed by atoms with van der Waals surface area (Å²) in [7, 11) is 0. The van der Waals surface area contributed by atoms with Crippen LogP contribution in [0.15, 0.2) is 0 Å². The van der Waals surface area contributed by atoms with Crippen molar-refractivity contribution in [2.75, 3.05) is 0 Å². The minimum absolute atomic E-state index is 0. The molecule has 0 aromatic rings. The van der Waals surface area contributed by atoms with E-state index in [9.17, 15) is 0 Å². The monoisotopic (exact) mass is 625 g/mol. The van der Waals surface area contributed by atoms with Gasteiger partial charge in [-0.25, -0.2) is 0 Å². The molecule has 224 valence electrons. The largest absolute Gasteiger partial charge is 0.107 e. The highest BCUT2D eigenvalue weighted by Gasteiger charge is 2.20. The molecule has 0 amide bonds. The molecule has 0 spiro atoms. The molecule has 0 bridgehead atoms. The summed E-state index contributed by atoms with van der Waals surface area (Å²) < 4.78 is 0. The van der Waals surface area contributed by atoms with E-state index in [2.05, 4.69) is 55.4 Å². The lowest BCUT2D eigenvalue weighted by Crippen LogP contribution is -2.07. The summed E-state index contributed by atoms with van der Waals surface area (Å²) in [4.78, 5) is 0. The number of unbranched alkanes of at least 4 members (excludes halogenated alkanes) is 1. The van der Waals surface area contributed by atoms with Crippen LogP contribution >= 0.6 is 24.0 Å². The lowest BCUT2D eigenvalue weighted by molar-refractivity contribution is 0.330. The van der Waals surface area contributed by atoms with Crippen molar-refractivity contribution >= 4 is 24.0 Å². The zero-order chi connectivity index (χ0) is 27.5. The van der Waals surface area contributed by atoms with Crippen LogP contribution in [0.25, 0.3) is 0 Å². The van der Waals surface area contributed by atoms with E-state index in [1.807, 2.05) is 27.7 Å². The van der Waals surface area contributed by atoms with Gasteiger partial charge in [-0.3, -0.25) is 0 Å². The summed E-state index contributed by atoms with van der Waals surface area (Å²) in [5.41, 5.74) is 0. The maximum atomic E-state index is 2.48. The Morgan fingerprint density at radius 3 is 1.25 bits per heavy atom. The zero-order valence-corrected chi connectivity index (χ0v) is 30.2. The van der Waals surface area contributed by atoms with E-state index in [0.717, 1.165) is 35.5 Å². The molecule has 2 aliphatic carbocycles. The Labute approximate surface area is 250 Å². The van der Waals surface area contributed by atoms with Gasteiger partial charge in [-0.2, -0.15) is 0 Å². The molecule has 0 aliphatic heterocycles. The molecule has 0 radical (unpaired) electrons. The SMILES string of the molecule is C1CCCCC1.CC.CC.CC(C)CCCCC(C)C1CCCC1.CCC(C)C(C)CCC(C)C.I. The second kappa shape index (κ2) is 33.8. The average molecular weight is 625 g/mol. The maximum absolute atomic E-state index is 2.48. The Kier molecular flexibility index (Phi) is 41.0. The van der Waals surface area contributed by atoms with Gasteiger partial charge in [0.2, 0.25) is 0 Å². The predicted molar refractivity (Wildman–Crippen MR) is 183 cm³/mol. The van der Waals surface area contributed by atoms with Crippen LogP contribution < -0.4 is 0 Å². The molecule has 0 aromatic heterocycles. The Balaban J connectivity index is -0.000000207. The third-order valence-electron chi connectivity index (χ3n) is 8.21. The van der Waals surface area contributed by atoms with Crippen LogP contribution in [-0.2, 0) is 0 Å². The van der Waals surface area contributed by atoms with Gasteiger partial charge in [0.15, 0.2) is 0 Å². The van der Waals surface area contributed by atoms with Gasteiger partial charge < -0.3 is 0 Å². The first-order valence-electron chi connectivity index (χ1n) is 16.8. The van der Waals surface area contributed by atoms with Crippen LogP contribution in [-0.4, -0.2) is 0 Å². The fourth-order valence-electron chi connectivity index (χ4n) is 5.12. The van der Waals surface area contributed by atoms with Crippen molar-refractivity contribution < 1.29 is 0 Å². The molecular formula is C35H77I. The van der Waals surface area contributed by atoms with Crippen LogP contribution in [0, 0.1) is 35.5 Å². The quantitative estimate of drug-likeness (QED) is 0.158. The summed E-state index contributed by atoms with van der Waals surface area (Å²) >= 11 is 0. The Morgan fingerprint density at radius 1 is 0.500 bits per heavy atom. The third kappa shape index (κ3) is 31.0. The van der Waals surface area contributed by atoms with Crippen LogP contribution in [0.1, 0.15) is 192 Å². The molecule has 0 N–H and O–H groups in total. The summed E-state index contributed by atoms with van der Waals surface area (Å²) in [5, 5.41) is 0. The minimum atomic E-state index is 0. The first kappa shape index (κ1) is 43.8. The molecule has 0 saturated heterocycles. The van der Waals surface area contributed by atoms with Crippen molar-refractivity contribution in [3.05, 3.63) is 0 Å². The van der Waals surface area contributed by atoms with Crippen LogP contribution in [0.2, 0.25) is 0 Å². The van der Waals surface area contributed by atoms with Gasteiger partial charge in [0.05, 0.1) is 0 Å². The predicted octanol–water partition coefficient (Wildman–Crippen LogP) is 14.1. The van der Waals surface area contributed by atoms with Gasteiger partial charge in [-0.15, -0.1) is 24.0 Å². The summed E-state index contributed by atoms with van der Waals surface area (Å²) in [6, 6.07) is 0. The molecule has 2 aliphatic rings. The highest BCUT2D eigenvalue weighted by atomic mass is 127. The number of halogens is 1. The summed E-state index contributed by atoms with van der Waals surface area (Å²) in [5.74, 6) is 5.69. The highest BCUT2D eigenvalue weighted by Crippen LogP contribution is 2.33. The Morgan fingerprint density at radius 2 is 0.889 bits per heavy atom. The smallest absolute Gasteiger partial charge is 0.0388 e.